The molecule has 1 saturated heterocycles. The Morgan fingerprint density at radius 1 is 1.04 bits per heavy atom. The topological polar surface area (TPSA) is 46.3 Å². The van der Waals surface area contributed by atoms with Crippen LogP contribution in [0.3, 0.4) is 0 Å². The Bertz CT molecular complexity index is 797. The first kappa shape index (κ1) is 14.0. The molecular formula is C19H18N2O2. The quantitative estimate of drug-likeness (QED) is 0.742. The molecule has 0 spiro atoms. The largest absolute Gasteiger partial charge is 0.436 e. The first-order valence-corrected chi connectivity index (χ1v) is 8.02. The first-order chi connectivity index (χ1) is 11.3. The van der Waals surface area contributed by atoms with Crippen molar-refractivity contribution in [3.05, 3.63) is 54.1 Å². The summed E-state index contributed by atoms with van der Waals surface area (Å²) in [4.78, 5) is 18.6. The lowest BCUT2D eigenvalue weighted by atomic mass is 10.1. The molecule has 1 fully saturated rings. The van der Waals surface area contributed by atoms with E-state index in [1.165, 1.54) is 0 Å². The molecule has 0 N–H and O–H groups in total. The molecule has 4 rings (SSSR count). The van der Waals surface area contributed by atoms with Gasteiger partial charge >= 0.3 is 0 Å². The Balaban J connectivity index is 1.52. The smallest absolute Gasteiger partial charge is 0.227 e. The minimum atomic E-state index is 0.220. The van der Waals surface area contributed by atoms with Crippen molar-refractivity contribution >= 4 is 17.0 Å². The van der Waals surface area contributed by atoms with E-state index in [2.05, 4.69) is 4.98 Å². The van der Waals surface area contributed by atoms with Gasteiger partial charge in [-0.3, -0.25) is 4.79 Å². The predicted octanol–water partition coefficient (Wildman–Crippen LogP) is 3.66. The van der Waals surface area contributed by atoms with E-state index in [0.717, 1.165) is 48.2 Å². The maximum atomic E-state index is 12.2. The lowest BCUT2D eigenvalue weighted by molar-refractivity contribution is -0.129. The number of fused-ring (bicyclic) bond motifs is 1. The van der Waals surface area contributed by atoms with E-state index in [9.17, 15) is 4.79 Å². The van der Waals surface area contributed by atoms with Crippen LogP contribution >= 0.6 is 0 Å². The van der Waals surface area contributed by atoms with Crippen molar-refractivity contribution in [3.8, 4) is 11.5 Å². The van der Waals surface area contributed by atoms with Crippen LogP contribution in [0.2, 0.25) is 0 Å². The van der Waals surface area contributed by atoms with Gasteiger partial charge in [-0.05, 0) is 42.7 Å². The molecule has 1 aliphatic heterocycles. The van der Waals surface area contributed by atoms with Gasteiger partial charge in [0.25, 0.3) is 0 Å². The van der Waals surface area contributed by atoms with E-state index < -0.39 is 0 Å². The van der Waals surface area contributed by atoms with Gasteiger partial charge in [0.2, 0.25) is 11.8 Å². The number of hydrogen-bond donors (Lipinski definition) is 0. The summed E-state index contributed by atoms with van der Waals surface area (Å²) >= 11 is 0. The molecule has 4 heteroatoms. The van der Waals surface area contributed by atoms with Gasteiger partial charge in [-0.1, -0.05) is 24.3 Å². The van der Waals surface area contributed by atoms with Crippen LogP contribution in [-0.4, -0.2) is 28.9 Å². The number of hydrogen-bond acceptors (Lipinski definition) is 3. The Labute approximate surface area is 134 Å². The fraction of sp³-hybridized carbons (Fsp3) is 0.263. The second-order valence-corrected chi connectivity index (χ2v) is 5.95. The molecule has 2 aromatic carbocycles. The molecule has 116 valence electrons. The number of aromatic nitrogens is 1. The molecule has 0 atom stereocenters. The molecule has 0 bridgehead atoms. The molecule has 1 aromatic heterocycles. The molecule has 0 unspecified atom stereocenters. The second-order valence-electron chi connectivity index (χ2n) is 5.95. The fourth-order valence-corrected chi connectivity index (χ4v) is 3.01. The van der Waals surface area contributed by atoms with Crippen LogP contribution in [0.4, 0.5) is 0 Å². The molecule has 3 aromatic rings. The van der Waals surface area contributed by atoms with E-state index in [1.807, 2.05) is 53.4 Å². The maximum absolute atomic E-state index is 12.2. The van der Waals surface area contributed by atoms with Crippen molar-refractivity contribution < 1.29 is 9.21 Å². The highest BCUT2D eigenvalue weighted by atomic mass is 16.3. The number of nitrogens with zero attached hydrogens (tertiary/aromatic N) is 2. The molecular weight excluding hydrogens is 288 g/mol. The number of oxazole rings is 1. The van der Waals surface area contributed by atoms with Gasteiger partial charge in [0.15, 0.2) is 5.58 Å². The van der Waals surface area contributed by atoms with E-state index in [-0.39, 0.29) is 5.91 Å². The molecule has 0 aliphatic carbocycles. The van der Waals surface area contributed by atoms with Crippen molar-refractivity contribution in [3.63, 3.8) is 0 Å². The van der Waals surface area contributed by atoms with Gasteiger partial charge in [0.05, 0.1) is 6.42 Å². The standard InChI is InChI=1S/C19H18N2O2/c22-18(21-11-3-4-12-21)13-14-7-9-15(10-8-14)19-20-16-5-1-2-6-17(16)23-19/h1-2,5-10H,3-4,11-13H2. The third-order valence-corrected chi connectivity index (χ3v) is 4.31. The molecule has 23 heavy (non-hydrogen) atoms. The summed E-state index contributed by atoms with van der Waals surface area (Å²) in [7, 11) is 0. The van der Waals surface area contributed by atoms with Crippen LogP contribution < -0.4 is 0 Å². The van der Waals surface area contributed by atoms with Gasteiger partial charge in [0, 0.05) is 18.7 Å². The number of likely N-dealkylation sites (tertiary alicyclic amines) is 1. The van der Waals surface area contributed by atoms with Crippen LogP contribution in [-0.2, 0) is 11.2 Å². The SMILES string of the molecule is O=C(Cc1ccc(-c2nc3ccccc3o2)cc1)N1CCCC1. The fourth-order valence-electron chi connectivity index (χ4n) is 3.01. The number of carbonyl (C=O) groups excluding carboxylic acids is 1. The third-order valence-electron chi connectivity index (χ3n) is 4.31. The summed E-state index contributed by atoms with van der Waals surface area (Å²) in [5.41, 5.74) is 3.60. The number of para-hydroxylation sites is 2. The number of amides is 1. The highest BCUT2D eigenvalue weighted by Gasteiger charge is 2.18. The van der Waals surface area contributed by atoms with Crippen LogP contribution in [0, 0.1) is 0 Å². The molecule has 1 aliphatic rings. The van der Waals surface area contributed by atoms with Crippen molar-refractivity contribution in [1.29, 1.82) is 0 Å². The molecule has 0 saturated carbocycles. The van der Waals surface area contributed by atoms with Crippen LogP contribution in [0.5, 0.6) is 0 Å². The van der Waals surface area contributed by atoms with E-state index in [4.69, 9.17) is 4.42 Å². The maximum Gasteiger partial charge on any atom is 0.227 e. The average Bonchev–Trinajstić information content (AvgIpc) is 3.25. The summed E-state index contributed by atoms with van der Waals surface area (Å²) in [6.07, 6.45) is 2.72. The lowest BCUT2D eigenvalue weighted by Gasteiger charge is -2.15. The van der Waals surface area contributed by atoms with Crippen molar-refractivity contribution in [2.45, 2.75) is 19.3 Å². The zero-order valence-corrected chi connectivity index (χ0v) is 12.9. The Morgan fingerprint density at radius 3 is 2.52 bits per heavy atom. The minimum Gasteiger partial charge on any atom is -0.436 e. The summed E-state index contributed by atoms with van der Waals surface area (Å²) in [5, 5.41) is 0. The van der Waals surface area contributed by atoms with E-state index in [0.29, 0.717) is 12.3 Å². The van der Waals surface area contributed by atoms with Crippen LogP contribution in [0.1, 0.15) is 18.4 Å². The molecule has 4 nitrogen and oxygen atoms in total. The molecule has 0 radical (unpaired) electrons. The highest BCUT2D eigenvalue weighted by molar-refractivity contribution is 5.79. The zero-order chi connectivity index (χ0) is 15.6. The normalized spacial score (nSPS) is 14.5. The Morgan fingerprint density at radius 2 is 1.78 bits per heavy atom. The summed E-state index contributed by atoms with van der Waals surface area (Å²) in [6.45, 7) is 1.81. The van der Waals surface area contributed by atoms with Gasteiger partial charge < -0.3 is 9.32 Å². The number of carbonyl (C=O) groups is 1. The van der Waals surface area contributed by atoms with Gasteiger partial charge in [-0.25, -0.2) is 4.98 Å². The van der Waals surface area contributed by atoms with Gasteiger partial charge in [-0.15, -0.1) is 0 Å². The highest BCUT2D eigenvalue weighted by Crippen LogP contribution is 2.24. The number of benzene rings is 2. The zero-order valence-electron chi connectivity index (χ0n) is 12.9. The summed E-state index contributed by atoms with van der Waals surface area (Å²) in [5.74, 6) is 0.834. The summed E-state index contributed by atoms with van der Waals surface area (Å²) in [6, 6.07) is 15.6. The van der Waals surface area contributed by atoms with E-state index >= 15 is 0 Å². The van der Waals surface area contributed by atoms with Crippen LogP contribution in [0.25, 0.3) is 22.6 Å². The van der Waals surface area contributed by atoms with Gasteiger partial charge in [0.1, 0.15) is 5.52 Å². The first-order valence-electron chi connectivity index (χ1n) is 8.02. The van der Waals surface area contributed by atoms with E-state index in [1.54, 1.807) is 0 Å². The third kappa shape index (κ3) is 2.84. The monoisotopic (exact) mass is 306 g/mol. The van der Waals surface area contributed by atoms with Gasteiger partial charge in [-0.2, -0.15) is 0 Å². The van der Waals surface area contributed by atoms with Crippen molar-refractivity contribution in [2.24, 2.45) is 0 Å². The molecule has 2 heterocycles. The summed E-state index contributed by atoms with van der Waals surface area (Å²) < 4.78 is 5.77. The minimum absolute atomic E-state index is 0.220. The van der Waals surface area contributed by atoms with Crippen molar-refractivity contribution in [2.75, 3.05) is 13.1 Å². The number of rotatable bonds is 3. The van der Waals surface area contributed by atoms with Crippen LogP contribution in [0.15, 0.2) is 52.9 Å². The Hall–Kier alpha value is -2.62. The molecule has 1 amide bonds. The Kier molecular flexibility index (Phi) is 3.58. The lowest BCUT2D eigenvalue weighted by Crippen LogP contribution is -2.28. The average molecular weight is 306 g/mol. The second kappa shape index (κ2) is 5.88. The predicted molar refractivity (Wildman–Crippen MR) is 89.0 cm³/mol. The van der Waals surface area contributed by atoms with Crippen molar-refractivity contribution in [1.82, 2.24) is 9.88 Å².